The van der Waals surface area contributed by atoms with Crippen LogP contribution in [0.15, 0.2) is 6.07 Å². The first-order valence-corrected chi connectivity index (χ1v) is 7.76. The van der Waals surface area contributed by atoms with E-state index in [1.54, 1.807) is 0 Å². The minimum atomic E-state index is 0.0656. The van der Waals surface area contributed by atoms with Crippen molar-refractivity contribution in [2.75, 3.05) is 18.5 Å². The van der Waals surface area contributed by atoms with E-state index in [0.29, 0.717) is 18.5 Å². The summed E-state index contributed by atoms with van der Waals surface area (Å²) in [6, 6.07) is 2.38. The number of amides is 1. The van der Waals surface area contributed by atoms with E-state index < -0.39 is 0 Å². The summed E-state index contributed by atoms with van der Waals surface area (Å²) in [6.45, 7) is 8.75. The second kappa shape index (κ2) is 6.41. The molecule has 0 bridgehead atoms. The zero-order valence-corrected chi connectivity index (χ0v) is 13.7. The third kappa shape index (κ3) is 4.41. The molecule has 116 valence electrons. The van der Waals surface area contributed by atoms with E-state index in [-0.39, 0.29) is 11.8 Å². The zero-order chi connectivity index (χ0) is 15.6. The normalized spacial score (nSPS) is 14.6. The van der Waals surface area contributed by atoms with Crippen LogP contribution >= 0.6 is 0 Å². The highest BCUT2D eigenvalue weighted by Gasteiger charge is 2.24. The molecule has 1 aliphatic rings. The van der Waals surface area contributed by atoms with Crippen molar-refractivity contribution in [2.24, 2.45) is 0 Å². The summed E-state index contributed by atoms with van der Waals surface area (Å²) in [5.41, 5.74) is 1.03. The lowest BCUT2D eigenvalue weighted by Crippen LogP contribution is -2.36. The van der Waals surface area contributed by atoms with Crippen molar-refractivity contribution in [3.63, 3.8) is 0 Å². The van der Waals surface area contributed by atoms with Crippen LogP contribution in [0.25, 0.3) is 0 Å². The number of hydrogen-bond acceptors (Lipinski definition) is 4. The second-order valence-electron chi connectivity index (χ2n) is 6.52. The van der Waals surface area contributed by atoms with Gasteiger partial charge in [0, 0.05) is 30.8 Å². The van der Waals surface area contributed by atoms with Crippen LogP contribution in [-0.2, 0) is 4.79 Å². The molecule has 1 fully saturated rings. The summed E-state index contributed by atoms with van der Waals surface area (Å²) in [4.78, 5) is 23.0. The first-order valence-electron chi connectivity index (χ1n) is 7.76. The SMILES string of the molecule is CC(C)c1cc(N(C)CC(=O)NC2CC2)nc(C(C)C)n1. The second-order valence-corrected chi connectivity index (χ2v) is 6.52. The topological polar surface area (TPSA) is 58.1 Å². The molecule has 0 saturated heterocycles. The highest BCUT2D eigenvalue weighted by molar-refractivity contribution is 5.81. The van der Waals surface area contributed by atoms with Crippen molar-refractivity contribution in [3.8, 4) is 0 Å². The molecule has 1 N–H and O–H groups in total. The summed E-state index contributed by atoms with van der Waals surface area (Å²) < 4.78 is 0. The van der Waals surface area contributed by atoms with Crippen LogP contribution in [0, 0.1) is 0 Å². The van der Waals surface area contributed by atoms with Crippen molar-refractivity contribution in [3.05, 3.63) is 17.6 Å². The van der Waals surface area contributed by atoms with Crippen molar-refractivity contribution in [1.29, 1.82) is 0 Å². The van der Waals surface area contributed by atoms with Gasteiger partial charge in [-0.25, -0.2) is 9.97 Å². The zero-order valence-electron chi connectivity index (χ0n) is 13.7. The predicted octanol–water partition coefficient (Wildman–Crippen LogP) is 2.44. The van der Waals surface area contributed by atoms with Gasteiger partial charge in [-0.15, -0.1) is 0 Å². The fourth-order valence-electron chi connectivity index (χ4n) is 2.02. The summed E-state index contributed by atoms with van der Waals surface area (Å²) in [5.74, 6) is 2.35. The Bertz CT molecular complexity index is 483. The molecule has 0 radical (unpaired) electrons. The van der Waals surface area contributed by atoms with Gasteiger partial charge in [-0.1, -0.05) is 27.7 Å². The Labute approximate surface area is 127 Å². The van der Waals surface area contributed by atoms with E-state index in [9.17, 15) is 4.79 Å². The highest BCUT2D eigenvalue weighted by atomic mass is 16.2. The number of nitrogens with one attached hydrogen (secondary N) is 1. The Morgan fingerprint density at radius 1 is 1.29 bits per heavy atom. The number of carbonyl (C=O) groups is 1. The average molecular weight is 290 g/mol. The Hall–Kier alpha value is -1.65. The van der Waals surface area contributed by atoms with Gasteiger partial charge in [0.15, 0.2) is 0 Å². The van der Waals surface area contributed by atoms with Gasteiger partial charge in [-0.2, -0.15) is 0 Å². The minimum absolute atomic E-state index is 0.0656. The quantitative estimate of drug-likeness (QED) is 0.874. The van der Waals surface area contributed by atoms with Gasteiger partial charge in [0.1, 0.15) is 11.6 Å². The first kappa shape index (κ1) is 15.7. The van der Waals surface area contributed by atoms with Gasteiger partial charge in [0.2, 0.25) is 5.91 Å². The van der Waals surface area contributed by atoms with Crippen LogP contribution < -0.4 is 10.2 Å². The summed E-state index contributed by atoms with van der Waals surface area (Å²) in [7, 11) is 1.91. The third-order valence-corrected chi connectivity index (χ3v) is 3.57. The molecule has 0 atom stereocenters. The first-order chi connectivity index (χ1) is 9.86. The maximum atomic E-state index is 11.9. The Morgan fingerprint density at radius 2 is 1.95 bits per heavy atom. The lowest BCUT2D eigenvalue weighted by Gasteiger charge is -2.20. The molecule has 1 aliphatic carbocycles. The molecule has 0 aliphatic heterocycles. The van der Waals surface area contributed by atoms with Gasteiger partial charge >= 0.3 is 0 Å². The number of carbonyl (C=O) groups excluding carboxylic acids is 1. The fourth-order valence-corrected chi connectivity index (χ4v) is 2.02. The van der Waals surface area contributed by atoms with Crippen LogP contribution in [-0.4, -0.2) is 35.5 Å². The Morgan fingerprint density at radius 3 is 2.48 bits per heavy atom. The van der Waals surface area contributed by atoms with Crippen LogP contribution in [0.3, 0.4) is 0 Å². The van der Waals surface area contributed by atoms with Crippen LogP contribution in [0.4, 0.5) is 5.82 Å². The molecule has 5 heteroatoms. The minimum Gasteiger partial charge on any atom is -0.352 e. The van der Waals surface area contributed by atoms with Gasteiger partial charge in [-0.05, 0) is 18.8 Å². The molecule has 1 saturated carbocycles. The summed E-state index contributed by atoms with van der Waals surface area (Å²) in [5, 5.41) is 3.01. The van der Waals surface area contributed by atoms with Gasteiger partial charge in [-0.3, -0.25) is 4.79 Å². The maximum Gasteiger partial charge on any atom is 0.239 e. The lowest BCUT2D eigenvalue weighted by molar-refractivity contribution is -0.119. The van der Waals surface area contributed by atoms with Crippen molar-refractivity contribution in [2.45, 2.75) is 58.4 Å². The van der Waals surface area contributed by atoms with Gasteiger partial charge in [0.05, 0.1) is 6.54 Å². The number of anilines is 1. The molecule has 0 spiro atoms. The number of hydrogen-bond donors (Lipinski definition) is 1. The maximum absolute atomic E-state index is 11.9. The van der Waals surface area contributed by atoms with Crippen LogP contribution in [0.5, 0.6) is 0 Å². The molecule has 5 nitrogen and oxygen atoms in total. The van der Waals surface area contributed by atoms with Crippen molar-refractivity contribution < 1.29 is 4.79 Å². The van der Waals surface area contributed by atoms with E-state index >= 15 is 0 Å². The van der Waals surface area contributed by atoms with E-state index in [0.717, 1.165) is 30.2 Å². The molecule has 1 aromatic rings. The van der Waals surface area contributed by atoms with E-state index in [4.69, 9.17) is 0 Å². The molecule has 0 aromatic carbocycles. The molecule has 1 amide bonds. The van der Waals surface area contributed by atoms with Gasteiger partial charge < -0.3 is 10.2 Å². The van der Waals surface area contributed by atoms with Crippen LogP contribution in [0.2, 0.25) is 0 Å². The summed E-state index contributed by atoms with van der Waals surface area (Å²) >= 11 is 0. The van der Waals surface area contributed by atoms with E-state index in [2.05, 4.69) is 43.0 Å². The third-order valence-electron chi connectivity index (χ3n) is 3.57. The van der Waals surface area contributed by atoms with Crippen molar-refractivity contribution >= 4 is 11.7 Å². The molecular formula is C16H26N4O. The smallest absolute Gasteiger partial charge is 0.239 e. The number of aromatic nitrogens is 2. The molecule has 2 rings (SSSR count). The molecule has 21 heavy (non-hydrogen) atoms. The van der Waals surface area contributed by atoms with E-state index in [1.807, 2.05) is 18.0 Å². The Kier molecular flexibility index (Phi) is 4.80. The lowest BCUT2D eigenvalue weighted by atomic mass is 10.1. The Balaban J connectivity index is 2.13. The summed E-state index contributed by atoms with van der Waals surface area (Å²) in [6.07, 6.45) is 2.22. The highest BCUT2D eigenvalue weighted by Crippen LogP contribution is 2.22. The average Bonchev–Trinajstić information content (AvgIpc) is 3.21. The largest absolute Gasteiger partial charge is 0.352 e. The molecule has 1 aromatic heterocycles. The van der Waals surface area contributed by atoms with Gasteiger partial charge in [0.25, 0.3) is 0 Å². The monoisotopic (exact) mass is 290 g/mol. The van der Waals surface area contributed by atoms with E-state index in [1.165, 1.54) is 0 Å². The van der Waals surface area contributed by atoms with Crippen molar-refractivity contribution in [1.82, 2.24) is 15.3 Å². The molecule has 1 heterocycles. The molecular weight excluding hydrogens is 264 g/mol. The number of rotatable bonds is 6. The number of likely N-dealkylation sites (N-methyl/N-ethyl adjacent to an activating group) is 1. The standard InChI is InChI=1S/C16H26N4O/c1-10(2)13-8-14(19-16(18-13)11(3)4)20(5)9-15(21)17-12-6-7-12/h8,10-12H,6-7,9H2,1-5H3,(H,17,21). The van der Waals surface area contributed by atoms with Crippen LogP contribution in [0.1, 0.15) is 63.9 Å². The molecule has 0 unspecified atom stereocenters. The fraction of sp³-hybridized carbons (Fsp3) is 0.688. The predicted molar refractivity (Wildman–Crippen MR) is 84.6 cm³/mol. The number of nitrogens with zero attached hydrogens (tertiary/aromatic N) is 3.